The molecule has 2 aliphatic heterocycles. The standard InChI is InChI=1S/C88H116N20O19S2/c1-8-16-59(96-48(4)111)76(116)103-66-44-129-42-51-18-12-17-50(33-51)41-128-43-65(73(89)115)102-84(124)70(47(3)110)105-85(125)71(52-19-10-9-11-20-52)106-80(120)62(36-54-39-94-75-58(54)22-14-31-92-75)98-79(119)63(37-55-40-90-45-95-55)99-77(117)60(28-29-68(113)114)97-78(118)61(35-53-38-93-74-57(53)21-13-30-91-74)100-83(123)69(46(2)109)104-82(122)67-23-15-32-108(67)87(127)64(34-49-24-26-56(112)27-25-49)101-86(126)72(88(5,6)7)107-81(66)121/h12-14,17-18,21-22,24-27,30-31,33,38-40,45-47,52,59-67,69-72,109-110,112H,8-11,15-16,19-20,23,28-29,32,34-37,41-44H2,1-7H3,(H2,89,115)(H,90,95)(H,91,93)(H,92,94)(H,96,111)(H,97,118)(H,98,119)(H,99,117)(H,100,123)(H,101,126)(H,102,124)(H,103,116)(H,104,122)(H,105,125)(H,106,120)(H,107,121)(H,113,114)/t46-,47-,59+,60+,61+,62+,63+,64+,65+,66+,67-,69+,70+,71+,72-/m1/s1. The average molecular weight is 1820 g/mol. The summed E-state index contributed by atoms with van der Waals surface area (Å²) in [6.45, 7) is 10.3. The van der Waals surface area contributed by atoms with Gasteiger partial charge in [0, 0.05) is 116 Å². The Bertz CT molecular complexity index is 5130. The Morgan fingerprint density at radius 1 is 0.589 bits per heavy atom. The number of aliphatic carboxylic acids is 1. The molecule has 0 spiro atoms. The molecule has 694 valence electrons. The van der Waals surface area contributed by atoms with Gasteiger partial charge in [-0.3, -0.25) is 71.9 Å². The quantitative estimate of drug-likeness (QED) is 0.0499. The van der Waals surface area contributed by atoms with E-state index in [1.54, 1.807) is 64.2 Å². The molecule has 7 aromatic rings. The first-order valence-corrected chi connectivity index (χ1v) is 45.4. The van der Waals surface area contributed by atoms with Crippen LogP contribution in [0.4, 0.5) is 0 Å². The monoisotopic (exact) mass is 1820 g/mol. The third-order valence-electron chi connectivity index (χ3n) is 22.8. The lowest BCUT2D eigenvalue weighted by molar-refractivity contribution is -0.143. The fraction of sp³-hybridized carbons (Fsp3) is 0.500. The molecule has 2 fully saturated rings. The number of nitrogens with one attached hydrogen (secondary N) is 15. The van der Waals surface area contributed by atoms with Gasteiger partial charge >= 0.3 is 5.97 Å². The number of nitrogens with zero attached hydrogens (tertiary/aromatic N) is 4. The second-order valence-electron chi connectivity index (χ2n) is 34.0. The molecular weight excluding hydrogens is 1710 g/mol. The van der Waals surface area contributed by atoms with Crippen molar-refractivity contribution in [2.45, 2.75) is 247 Å². The number of amides is 14. The number of carbonyl (C=O) groups excluding carboxylic acids is 14. The minimum atomic E-state index is -1.91. The van der Waals surface area contributed by atoms with Crippen LogP contribution in [0.2, 0.25) is 0 Å². The molecule has 1 aliphatic carbocycles. The van der Waals surface area contributed by atoms with Gasteiger partial charge in [-0.25, -0.2) is 15.0 Å². The number of aliphatic hydroxyl groups is 2. The topological polar surface area (TPSA) is 597 Å². The summed E-state index contributed by atoms with van der Waals surface area (Å²) >= 11 is 2.45. The molecule has 129 heavy (non-hydrogen) atoms. The first kappa shape index (κ1) is 98.7. The van der Waals surface area contributed by atoms with E-state index in [-0.39, 0.29) is 73.1 Å². The number of nitrogens with two attached hydrogens (primary N) is 1. The van der Waals surface area contributed by atoms with Gasteiger partial charge in [0.15, 0.2) is 0 Å². The van der Waals surface area contributed by atoms with Crippen molar-refractivity contribution in [3.05, 3.63) is 144 Å². The highest BCUT2D eigenvalue weighted by Crippen LogP contribution is 2.30. The van der Waals surface area contributed by atoms with Crippen LogP contribution >= 0.6 is 23.5 Å². The van der Waals surface area contributed by atoms with Gasteiger partial charge in [0.25, 0.3) is 0 Å². The van der Waals surface area contributed by atoms with E-state index in [1.807, 2.05) is 18.2 Å². The number of carboxylic acid groups (broad SMARTS) is 1. The minimum absolute atomic E-state index is 0.0141. The highest BCUT2D eigenvalue weighted by molar-refractivity contribution is 7.98. The Hall–Kier alpha value is -12.5. The lowest BCUT2D eigenvalue weighted by Gasteiger charge is -2.34. The maximum atomic E-state index is 15.5. The number of thioether (sulfide) groups is 2. The van der Waals surface area contributed by atoms with Gasteiger partial charge in [0.2, 0.25) is 82.7 Å². The number of primary amides is 1. The number of H-pyrrole nitrogens is 3. The summed E-state index contributed by atoms with van der Waals surface area (Å²) in [7, 11) is 0. The number of aromatic hydroxyl groups is 1. The van der Waals surface area contributed by atoms with E-state index in [1.165, 1.54) is 105 Å². The number of benzene rings is 2. The Balaban J connectivity index is 1.02. The third kappa shape index (κ3) is 28.0. The van der Waals surface area contributed by atoms with Crippen LogP contribution < -0.4 is 69.5 Å². The number of imidazole rings is 1. The van der Waals surface area contributed by atoms with Crippen molar-refractivity contribution in [1.82, 2.24) is 98.6 Å². The lowest BCUT2D eigenvalue weighted by Crippen LogP contribution is -2.63. The summed E-state index contributed by atoms with van der Waals surface area (Å²) in [4.78, 5) is 242. The van der Waals surface area contributed by atoms with E-state index >= 15 is 47.9 Å². The summed E-state index contributed by atoms with van der Waals surface area (Å²) in [6.07, 6.45) is 6.26. The van der Waals surface area contributed by atoms with Crippen LogP contribution in [0.1, 0.15) is 153 Å². The van der Waals surface area contributed by atoms with Crippen LogP contribution in [0, 0.1) is 11.3 Å². The van der Waals surface area contributed by atoms with Crippen LogP contribution in [0.5, 0.6) is 5.75 Å². The van der Waals surface area contributed by atoms with Gasteiger partial charge in [-0.2, -0.15) is 23.5 Å². The molecule has 39 nitrogen and oxygen atoms in total. The van der Waals surface area contributed by atoms with E-state index in [9.17, 15) is 44.4 Å². The van der Waals surface area contributed by atoms with Crippen LogP contribution in [0.15, 0.2) is 110 Å². The number of carboxylic acids is 1. The van der Waals surface area contributed by atoms with Crippen LogP contribution in [-0.2, 0) is 109 Å². The number of aliphatic hydroxyl groups excluding tert-OH is 2. The maximum Gasteiger partial charge on any atom is 0.303 e. The molecule has 2 bridgehead atoms. The van der Waals surface area contributed by atoms with Gasteiger partial charge in [0.1, 0.15) is 95.6 Å². The molecule has 14 amide bonds. The van der Waals surface area contributed by atoms with E-state index in [2.05, 4.69) is 93.7 Å². The molecule has 1 saturated heterocycles. The second kappa shape index (κ2) is 46.5. The molecule has 0 radical (unpaired) electrons. The fourth-order valence-corrected chi connectivity index (χ4v) is 18.0. The first-order chi connectivity index (χ1) is 61.5. The highest BCUT2D eigenvalue weighted by Gasteiger charge is 2.45. The normalized spacial score (nSPS) is 24.2. The molecule has 2 aromatic carbocycles. The molecule has 10 rings (SSSR count). The van der Waals surface area contributed by atoms with Gasteiger partial charge < -0.3 is 110 Å². The largest absolute Gasteiger partial charge is 0.508 e. The molecule has 7 heterocycles. The molecule has 3 aliphatic rings. The minimum Gasteiger partial charge on any atom is -0.508 e. The number of pyridine rings is 2. The molecule has 41 heteroatoms. The zero-order valence-electron chi connectivity index (χ0n) is 72.9. The SMILES string of the molecule is CCC[C@H](NC(C)=O)C(=O)N[C@H]1CSCc2cccc(c2)CSC[C@@H](C(N)=O)NC(=O)[C@H]([C@@H](C)O)NC(=O)[C@H](C2CCCCC2)NC(=O)[C@H](Cc2c[nH]c3ncccc23)NC(=O)[C@H](Cc2cnc[nH]2)NC(=O)[C@H](CCC(=O)O)NC(=O)[C@H](Cc2c[nH]c3ncccc23)NC(=O)[C@H]([C@@H](C)O)NC(=O)[C@H]2CCCN2C(=O)[C@H](Cc2ccc(O)cc2)NC(=O)[C@H](C(C)(C)C)NC1=O. The number of fused-ring (bicyclic) bond motifs is 5. The molecule has 21 N–H and O–H groups in total. The predicted octanol–water partition coefficient (Wildman–Crippen LogP) is 0.685. The van der Waals surface area contributed by atoms with Gasteiger partial charge in [-0.15, -0.1) is 0 Å². The number of aromatic amines is 3. The second-order valence-corrected chi connectivity index (χ2v) is 36.0. The Morgan fingerprint density at radius 3 is 1.70 bits per heavy atom. The number of carbonyl (C=O) groups is 15. The van der Waals surface area contributed by atoms with Gasteiger partial charge in [-0.1, -0.05) is 89.8 Å². The van der Waals surface area contributed by atoms with E-state index < -0.39 is 216 Å². The number of hydrogen-bond donors (Lipinski definition) is 20. The summed E-state index contributed by atoms with van der Waals surface area (Å²) in [6, 6.07) is -0.616. The van der Waals surface area contributed by atoms with Crippen molar-refractivity contribution in [2.24, 2.45) is 17.1 Å². The molecule has 0 unspecified atom stereocenters. The smallest absolute Gasteiger partial charge is 0.303 e. The third-order valence-corrected chi connectivity index (χ3v) is 25.0. The Kier molecular flexibility index (Phi) is 35.6. The lowest BCUT2D eigenvalue weighted by atomic mass is 9.83. The van der Waals surface area contributed by atoms with Crippen LogP contribution in [0.25, 0.3) is 22.1 Å². The van der Waals surface area contributed by atoms with E-state index in [0.29, 0.717) is 70.9 Å². The first-order valence-electron chi connectivity index (χ1n) is 43.1. The van der Waals surface area contributed by atoms with E-state index in [4.69, 9.17) is 5.73 Å². The molecule has 15 atom stereocenters. The number of aromatic nitrogens is 6. The number of rotatable bonds is 20. The molecule has 5 aromatic heterocycles. The zero-order chi connectivity index (χ0) is 93.3. The van der Waals surface area contributed by atoms with Gasteiger partial charge in [-0.05, 0) is 128 Å². The number of hydrogen-bond acceptors (Lipinski definition) is 23. The predicted molar refractivity (Wildman–Crippen MR) is 476 cm³/mol. The number of phenols is 1. The van der Waals surface area contributed by atoms with Gasteiger partial charge in [0.05, 0.1) is 18.5 Å². The Morgan fingerprint density at radius 2 is 1.14 bits per heavy atom. The highest BCUT2D eigenvalue weighted by atomic mass is 32.2. The summed E-state index contributed by atoms with van der Waals surface area (Å²) in [5.74, 6) is -14.8. The summed E-state index contributed by atoms with van der Waals surface area (Å²) in [5, 5.41) is 76.7. The van der Waals surface area contributed by atoms with Crippen molar-refractivity contribution >= 4 is 134 Å². The maximum absolute atomic E-state index is 15.5. The van der Waals surface area contributed by atoms with Crippen molar-refractivity contribution in [3.63, 3.8) is 0 Å². The van der Waals surface area contributed by atoms with E-state index in [0.717, 1.165) is 17.5 Å². The van der Waals surface area contributed by atoms with Crippen molar-refractivity contribution < 1.29 is 92.3 Å². The summed E-state index contributed by atoms with van der Waals surface area (Å²) in [5.41, 5.74) is 8.54. The van der Waals surface area contributed by atoms with Crippen molar-refractivity contribution in [2.75, 3.05) is 18.1 Å². The van der Waals surface area contributed by atoms with Crippen molar-refractivity contribution in [1.29, 1.82) is 0 Å². The fourth-order valence-electron chi connectivity index (χ4n) is 15.9. The zero-order valence-corrected chi connectivity index (χ0v) is 74.5. The summed E-state index contributed by atoms with van der Waals surface area (Å²) < 4.78 is 0. The number of phenolic OH excluding ortho intramolecular Hbond substituents is 1. The molecular formula is C88H116N20O19S2. The average Bonchev–Trinajstić information content (AvgIpc) is 1.69. The Labute approximate surface area is 752 Å². The molecule has 1 saturated carbocycles. The van der Waals surface area contributed by atoms with Crippen molar-refractivity contribution in [3.8, 4) is 5.75 Å². The van der Waals surface area contributed by atoms with Crippen LogP contribution in [0.3, 0.4) is 0 Å². The van der Waals surface area contributed by atoms with Crippen LogP contribution in [-0.4, -0.2) is 253 Å².